The molecule has 1 N–H and O–H groups in total. The Labute approximate surface area is 125 Å². The molecule has 7 heteroatoms. The largest absolute Gasteiger partial charge is 0.436 e. The second-order valence-corrected chi connectivity index (χ2v) is 4.54. The van der Waals surface area contributed by atoms with Crippen LogP contribution in [0.5, 0.6) is 11.6 Å². The number of nitrogens with one attached hydrogen (secondary N) is 1. The molecule has 0 radical (unpaired) electrons. The molecule has 0 bridgehead atoms. The second-order valence-electron chi connectivity index (χ2n) is 4.54. The number of pyridine rings is 1. The maximum atomic E-state index is 13.1. The molecular formula is C15H11FN4O2. The van der Waals surface area contributed by atoms with E-state index < -0.39 is 5.95 Å². The molecule has 22 heavy (non-hydrogen) atoms. The minimum atomic E-state index is -0.536. The molecule has 2 aromatic heterocycles. The molecule has 0 aliphatic carbocycles. The number of aromatic amines is 1. The van der Waals surface area contributed by atoms with Crippen LogP contribution in [0.3, 0.4) is 0 Å². The number of ketones is 1. The molecule has 0 aliphatic rings. The maximum Gasteiger partial charge on any atom is 0.269 e. The quantitative estimate of drug-likeness (QED) is 0.591. The molecule has 0 saturated carbocycles. The van der Waals surface area contributed by atoms with Crippen LogP contribution < -0.4 is 4.74 Å². The van der Waals surface area contributed by atoms with Gasteiger partial charge in [-0.1, -0.05) is 22.4 Å². The van der Waals surface area contributed by atoms with Gasteiger partial charge in [-0.25, -0.2) is 4.98 Å². The number of carbonyl (C=O) groups excluding carboxylic acids is 1. The molecule has 3 rings (SSSR count). The Bertz CT molecular complexity index is 814. The number of nitrogens with zero attached hydrogens (tertiary/aromatic N) is 3. The molecule has 3 aromatic rings. The van der Waals surface area contributed by atoms with Crippen molar-refractivity contribution in [3.05, 3.63) is 54.2 Å². The zero-order valence-corrected chi connectivity index (χ0v) is 11.6. The third-order valence-electron chi connectivity index (χ3n) is 3.00. The van der Waals surface area contributed by atoms with Crippen LogP contribution >= 0.6 is 0 Å². The lowest BCUT2D eigenvalue weighted by atomic mass is 10.1. The lowest BCUT2D eigenvalue weighted by Gasteiger charge is -2.05. The summed E-state index contributed by atoms with van der Waals surface area (Å²) in [6, 6.07) is 10.0. The molecule has 1 aromatic carbocycles. The smallest absolute Gasteiger partial charge is 0.269 e. The standard InChI is InChI=1S/C15H11FN4O2/c1-9(21)14-15(19-20-18-14)22-12-4-2-10(3-5-12)11-6-7-17-13(16)8-11/h2-8H,1H3,(H,18,19,20). The van der Waals surface area contributed by atoms with Crippen molar-refractivity contribution in [3.8, 4) is 22.8 Å². The summed E-state index contributed by atoms with van der Waals surface area (Å²) >= 11 is 0. The Morgan fingerprint density at radius 3 is 2.64 bits per heavy atom. The van der Waals surface area contributed by atoms with Gasteiger partial charge < -0.3 is 4.74 Å². The summed E-state index contributed by atoms with van der Waals surface area (Å²) in [7, 11) is 0. The van der Waals surface area contributed by atoms with Crippen LogP contribution in [0.4, 0.5) is 4.39 Å². The fourth-order valence-corrected chi connectivity index (χ4v) is 1.93. The van der Waals surface area contributed by atoms with E-state index in [9.17, 15) is 9.18 Å². The van der Waals surface area contributed by atoms with Gasteiger partial charge in [0.05, 0.1) is 0 Å². The van der Waals surface area contributed by atoms with Crippen molar-refractivity contribution in [1.29, 1.82) is 0 Å². The monoisotopic (exact) mass is 298 g/mol. The Kier molecular flexibility index (Phi) is 3.61. The van der Waals surface area contributed by atoms with Crippen molar-refractivity contribution in [2.75, 3.05) is 0 Å². The molecule has 0 spiro atoms. The van der Waals surface area contributed by atoms with Crippen LogP contribution in [0.25, 0.3) is 11.1 Å². The summed E-state index contributed by atoms with van der Waals surface area (Å²) in [5.41, 5.74) is 1.74. The number of halogens is 1. The molecular weight excluding hydrogens is 287 g/mol. The molecule has 2 heterocycles. The lowest BCUT2D eigenvalue weighted by molar-refractivity contribution is 0.101. The number of H-pyrrole nitrogens is 1. The van der Waals surface area contributed by atoms with Gasteiger partial charge >= 0.3 is 0 Å². The Morgan fingerprint density at radius 2 is 1.95 bits per heavy atom. The van der Waals surface area contributed by atoms with Gasteiger partial charge in [0.25, 0.3) is 5.88 Å². The van der Waals surface area contributed by atoms with Gasteiger partial charge in [0.2, 0.25) is 5.95 Å². The molecule has 0 atom stereocenters. The molecule has 6 nitrogen and oxygen atoms in total. The SMILES string of the molecule is CC(=O)c1[nH]nnc1Oc1ccc(-c2ccnc(F)c2)cc1. The van der Waals surface area contributed by atoms with Crippen LogP contribution in [0, 0.1) is 5.95 Å². The lowest BCUT2D eigenvalue weighted by Crippen LogP contribution is -1.96. The maximum absolute atomic E-state index is 13.1. The van der Waals surface area contributed by atoms with Gasteiger partial charge in [0.15, 0.2) is 11.5 Å². The normalized spacial score (nSPS) is 10.5. The van der Waals surface area contributed by atoms with Crippen molar-refractivity contribution in [2.45, 2.75) is 6.92 Å². The van der Waals surface area contributed by atoms with Crippen molar-refractivity contribution in [2.24, 2.45) is 0 Å². The van der Waals surface area contributed by atoms with Crippen molar-refractivity contribution in [1.82, 2.24) is 20.4 Å². The summed E-state index contributed by atoms with van der Waals surface area (Å²) in [6.07, 6.45) is 1.41. The molecule has 0 fully saturated rings. The van der Waals surface area contributed by atoms with Crippen molar-refractivity contribution < 1.29 is 13.9 Å². The first-order chi connectivity index (χ1) is 10.6. The van der Waals surface area contributed by atoms with Crippen LogP contribution in [0.2, 0.25) is 0 Å². The highest BCUT2D eigenvalue weighted by Crippen LogP contribution is 2.26. The van der Waals surface area contributed by atoms with Gasteiger partial charge in [-0.05, 0) is 29.3 Å². The number of rotatable bonds is 4. The van der Waals surface area contributed by atoms with E-state index >= 15 is 0 Å². The number of benzene rings is 1. The number of ether oxygens (including phenoxy) is 1. The third-order valence-corrected chi connectivity index (χ3v) is 3.00. The van der Waals surface area contributed by atoms with Crippen LogP contribution in [-0.4, -0.2) is 26.2 Å². The molecule has 0 saturated heterocycles. The van der Waals surface area contributed by atoms with Gasteiger partial charge in [-0.15, -0.1) is 0 Å². The molecule has 0 aliphatic heterocycles. The highest BCUT2D eigenvalue weighted by Gasteiger charge is 2.13. The zero-order valence-electron chi connectivity index (χ0n) is 11.6. The van der Waals surface area contributed by atoms with E-state index in [1.54, 1.807) is 30.3 Å². The van der Waals surface area contributed by atoms with Crippen LogP contribution in [0.1, 0.15) is 17.4 Å². The summed E-state index contributed by atoms with van der Waals surface area (Å²) in [4.78, 5) is 14.9. The first kappa shape index (κ1) is 13.9. The second kappa shape index (κ2) is 5.72. The van der Waals surface area contributed by atoms with Crippen LogP contribution in [0.15, 0.2) is 42.6 Å². The summed E-state index contributed by atoms with van der Waals surface area (Å²) in [6.45, 7) is 1.39. The highest BCUT2D eigenvalue weighted by atomic mass is 19.1. The number of hydrogen-bond acceptors (Lipinski definition) is 5. The third kappa shape index (κ3) is 2.83. The number of hydrogen-bond donors (Lipinski definition) is 1. The zero-order chi connectivity index (χ0) is 15.5. The van der Waals surface area contributed by atoms with E-state index in [-0.39, 0.29) is 17.4 Å². The number of Topliss-reactive ketones (excluding diaryl/α,β-unsaturated/α-hetero) is 1. The van der Waals surface area contributed by atoms with Gasteiger partial charge in [0.1, 0.15) is 5.75 Å². The topological polar surface area (TPSA) is 80.8 Å². The highest BCUT2D eigenvalue weighted by molar-refractivity contribution is 5.94. The predicted octanol–water partition coefficient (Wildman–Crippen LogP) is 3.00. The Morgan fingerprint density at radius 1 is 1.18 bits per heavy atom. The summed E-state index contributed by atoms with van der Waals surface area (Å²) in [5.74, 6) is -0.139. The molecule has 0 amide bonds. The number of carbonyl (C=O) groups is 1. The first-order valence-electron chi connectivity index (χ1n) is 6.45. The molecule has 0 unspecified atom stereocenters. The average Bonchev–Trinajstić information content (AvgIpc) is 2.96. The van der Waals surface area contributed by atoms with E-state index in [0.29, 0.717) is 11.3 Å². The Balaban J connectivity index is 1.83. The predicted molar refractivity (Wildman–Crippen MR) is 76.1 cm³/mol. The minimum absolute atomic E-state index is 0.121. The van der Waals surface area contributed by atoms with E-state index in [1.807, 2.05) is 0 Å². The van der Waals surface area contributed by atoms with E-state index in [4.69, 9.17) is 4.74 Å². The summed E-state index contributed by atoms with van der Waals surface area (Å²) < 4.78 is 18.6. The van der Waals surface area contributed by atoms with E-state index in [2.05, 4.69) is 20.4 Å². The fraction of sp³-hybridized carbons (Fsp3) is 0.0667. The summed E-state index contributed by atoms with van der Waals surface area (Å²) in [5, 5.41) is 9.75. The fourth-order valence-electron chi connectivity index (χ4n) is 1.93. The van der Waals surface area contributed by atoms with Gasteiger partial charge in [-0.3, -0.25) is 9.89 Å². The van der Waals surface area contributed by atoms with Crippen molar-refractivity contribution >= 4 is 5.78 Å². The van der Waals surface area contributed by atoms with Crippen LogP contribution in [-0.2, 0) is 0 Å². The Hall–Kier alpha value is -3.09. The molecule has 110 valence electrons. The van der Waals surface area contributed by atoms with E-state index in [0.717, 1.165) is 5.56 Å². The minimum Gasteiger partial charge on any atom is -0.436 e. The van der Waals surface area contributed by atoms with Crippen molar-refractivity contribution in [3.63, 3.8) is 0 Å². The number of aromatic nitrogens is 4. The van der Waals surface area contributed by atoms with E-state index in [1.165, 1.54) is 19.2 Å². The average molecular weight is 298 g/mol. The van der Waals surface area contributed by atoms with Gasteiger partial charge in [0, 0.05) is 19.2 Å². The first-order valence-corrected chi connectivity index (χ1v) is 6.45. The van der Waals surface area contributed by atoms with Gasteiger partial charge in [-0.2, -0.15) is 4.39 Å².